The highest BCUT2D eigenvalue weighted by molar-refractivity contribution is 6.08. The topological polar surface area (TPSA) is 71.1 Å². The molecule has 2 N–H and O–H groups in total. The quantitative estimate of drug-likeness (QED) is 0.749. The summed E-state index contributed by atoms with van der Waals surface area (Å²) >= 11 is 0. The molecular formula is C21H21N3O2. The second-order valence-electron chi connectivity index (χ2n) is 6.33. The van der Waals surface area contributed by atoms with E-state index >= 15 is 0 Å². The number of nitrogens with one attached hydrogen (secondary N) is 2. The molecule has 1 aromatic heterocycles. The van der Waals surface area contributed by atoms with Gasteiger partial charge in [0.25, 0.3) is 5.91 Å². The first-order chi connectivity index (χ1) is 12.4. The van der Waals surface area contributed by atoms with Gasteiger partial charge in [0.2, 0.25) is 5.91 Å². The highest BCUT2D eigenvalue weighted by Crippen LogP contribution is 2.24. The molecule has 0 radical (unpaired) electrons. The summed E-state index contributed by atoms with van der Waals surface area (Å²) in [5.41, 5.74) is 3.59. The standard InChI is InChI=1S/C21H21N3O2/c1-13-9-10-18-19(11-17(24-15(3)25)12-20(18)22-13)21(26)23-14(2)16-7-5-4-6-8-16/h4-12,14H,1-3H3,(H,23,26)(H,24,25). The lowest BCUT2D eigenvalue weighted by Crippen LogP contribution is -2.27. The van der Waals surface area contributed by atoms with Crippen LogP contribution in [0.25, 0.3) is 10.9 Å². The van der Waals surface area contributed by atoms with Gasteiger partial charge in [-0.3, -0.25) is 14.6 Å². The number of aryl methyl sites for hydroxylation is 1. The fourth-order valence-electron chi connectivity index (χ4n) is 2.90. The van der Waals surface area contributed by atoms with Crippen molar-refractivity contribution in [3.05, 3.63) is 71.4 Å². The Bertz CT molecular complexity index is 968. The molecule has 2 amide bonds. The summed E-state index contributed by atoms with van der Waals surface area (Å²) in [6, 6.07) is 16.9. The number of carbonyl (C=O) groups is 2. The van der Waals surface area contributed by atoms with Crippen LogP contribution in [0.2, 0.25) is 0 Å². The molecule has 3 rings (SSSR count). The van der Waals surface area contributed by atoms with Gasteiger partial charge in [-0.1, -0.05) is 36.4 Å². The Morgan fingerprint density at radius 2 is 1.77 bits per heavy atom. The molecule has 1 unspecified atom stereocenters. The van der Waals surface area contributed by atoms with Crippen molar-refractivity contribution in [3.8, 4) is 0 Å². The van der Waals surface area contributed by atoms with Crippen LogP contribution in [0.3, 0.4) is 0 Å². The number of anilines is 1. The second-order valence-corrected chi connectivity index (χ2v) is 6.33. The zero-order valence-electron chi connectivity index (χ0n) is 15.0. The maximum atomic E-state index is 12.9. The highest BCUT2D eigenvalue weighted by atomic mass is 16.2. The Kier molecular flexibility index (Phi) is 4.98. The average molecular weight is 347 g/mol. The van der Waals surface area contributed by atoms with Gasteiger partial charge in [-0.25, -0.2) is 0 Å². The van der Waals surface area contributed by atoms with Gasteiger partial charge in [0, 0.05) is 23.7 Å². The molecule has 0 fully saturated rings. The summed E-state index contributed by atoms with van der Waals surface area (Å²) in [4.78, 5) is 28.8. The van der Waals surface area contributed by atoms with E-state index in [0.717, 1.165) is 16.6 Å². The number of benzene rings is 2. The Morgan fingerprint density at radius 3 is 2.46 bits per heavy atom. The maximum Gasteiger partial charge on any atom is 0.252 e. The van der Waals surface area contributed by atoms with Gasteiger partial charge in [-0.15, -0.1) is 0 Å². The number of nitrogens with zero attached hydrogens (tertiary/aromatic N) is 1. The minimum atomic E-state index is -0.204. The van der Waals surface area contributed by atoms with E-state index in [1.54, 1.807) is 12.1 Å². The molecular weight excluding hydrogens is 326 g/mol. The normalized spacial score (nSPS) is 11.8. The van der Waals surface area contributed by atoms with Gasteiger partial charge >= 0.3 is 0 Å². The Balaban J connectivity index is 1.99. The van der Waals surface area contributed by atoms with Crippen molar-refractivity contribution in [2.45, 2.75) is 26.8 Å². The van der Waals surface area contributed by atoms with E-state index in [1.165, 1.54) is 6.92 Å². The van der Waals surface area contributed by atoms with Crippen molar-refractivity contribution >= 4 is 28.4 Å². The third-order valence-electron chi connectivity index (χ3n) is 4.16. The van der Waals surface area contributed by atoms with Crippen molar-refractivity contribution < 1.29 is 9.59 Å². The van der Waals surface area contributed by atoms with E-state index in [9.17, 15) is 9.59 Å². The van der Waals surface area contributed by atoms with E-state index < -0.39 is 0 Å². The molecule has 26 heavy (non-hydrogen) atoms. The van der Waals surface area contributed by atoms with Gasteiger partial charge in [-0.2, -0.15) is 0 Å². The molecule has 0 aliphatic carbocycles. The second kappa shape index (κ2) is 7.35. The molecule has 3 aromatic rings. The molecule has 132 valence electrons. The van der Waals surface area contributed by atoms with Crippen LogP contribution in [0.1, 0.15) is 41.5 Å². The highest BCUT2D eigenvalue weighted by Gasteiger charge is 2.16. The molecule has 0 spiro atoms. The van der Waals surface area contributed by atoms with Gasteiger partial charge < -0.3 is 10.6 Å². The first-order valence-corrected chi connectivity index (χ1v) is 8.49. The van der Waals surface area contributed by atoms with E-state index in [-0.39, 0.29) is 17.9 Å². The first-order valence-electron chi connectivity index (χ1n) is 8.49. The molecule has 1 atom stereocenters. The zero-order chi connectivity index (χ0) is 18.7. The molecule has 5 heteroatoms. The molecule has 0 aliphatic rings. The molecule has 5 nitrogen and oxygen atoms in total. The van der Waals surface area contributed by atoms with Crippen molar-refractivity contribution in [1.29, 1.82) is 0 Å². The number of aromatic nitrogens is 1. The number of fused-ring (bicyclic) bond motifs is 1. The molecule has 0 saturated heterocycles. The van der Waals surface area contributed by atoms with Crippen LogP contribution in [0.5, 0.6) is 0 Å². The molecule has 2 aromatic carbocycles. The average Bonchev–Trinajstić information content (AvgIpc) is 2.60. The molecule has 1 heterocycles. The Labute approximate surface area is 152 Å². The largest absolute Gasteiger partial charge is 0.345 e. The van der Waals surface area contributed by atoms with Crippen LogP contribution in [0.15, 0.2) is 54.6 Å². The van der Waals surface area contributed by atoms with Crippen LogP contribution < -0.4 is 10.6 Å². The van der Waals surface area contributed by atoms with Crippen LogP contribution in [0.4, 0.5) is 5.69 Å². The van der Waals surface area contributed by atoms with Gasteiger partial charge in [-0.05, 0) is 37.6 Å². The van der Waals surface area contributed by atoms with Crippen molar-refractivity contribution in [2.24, 2.45) is 0 Å². The number of rotatable bonds is 4. The lowest BCUT2D eigenvalue weighted by atomic mass is 10.0. The van der Waals surface area contributed by atoms with Crippen molar-refractivity contribution in [3.63, 3.8) is 0 Å². The van der Waals surface area contributed by atoms with E-state index in [2.05, 4.69) is 15.6 Å². The zero-order valence-corrected chi connectivity index (χ0v) is 15.0. The third-order valence-corrected chi connectivity index (χ3v) is 4.16. The van der Waals surface area contributed by atoms with Gasteiger partial charge in [0.15, 0.2) is 0 Å². The maximum absolute atomic E-state index is 12.9. The summed E-state index contributed by atoms with van der Waals surface area (Å²) < 4.78 is 0. The number of carbonyl (C=O) groups excluding carboxylic acids is 2. The summed E-state index contributed by atoms with van der Waals surface area (Å²) in [6.07, 6.45) is 0. The first kappa shape index (κ1) is 17.6. The summed E-state index contributed by atoms with van der Waals surface area (Å²) in [6.45, 7) is 5.27. The summed E-state index contributed by atoms with van der Waals surface area (Å²) in [7, 11) is 0. The SMILES string of the molecule is CC(=O)Nc1cc(C(=O)NC(C)c2ccccc2)c2ccc(C)nc2c1. The van der Waals surface area contributed by atoms with E-state index in [4.69, 9.17) is 0 Å². The fourth-order valence-corrected chi connectivity index (χ4v) is 2.90. The van der Waals surface area contributed by atoms with Crippen LogP contribution in [-0.4, -0.2) is 16.8 Å². The Morgan fingerprint density at radius 1 is 1.04 bits per heavy atom. The number of pyridine rings is 1. The third kappa shape index (κ3) is 3.88. The van der Waals surface area contributed by atoms with Gasteiger partial charge in [0.1, 0.15) is 0 Å². The lowest BCUT2D eigenvalue weighted by molar-refractivity contribution is -0.114. The minimum absolute atomic E-state index is 0.137. The molecule has 0 saturated carbocycles. The van der Waals surface area contributed by atoms with Crippen LogP contribution >= 0.6 is 0 Å². The number of amides is 2. The van der Waals surface area contributed by atoms with Crippen molar-refractivity contribution in [2.75, 3.05) is 5.32 Å². The minimum Gasteiger partial charge on any atom is -0.345 e. The number of hydrogen-bond acceptors (Lipinski definition) is 3. The summed E-state index contributed by atoms with van der Waals surface area (Å²) in [5.74, 6) is -0.398. The van der Waals surface area contributed by atoms with Crippen molar-refractivity contribution in [1.82, 2.24) is 10.3 Å². The lowest BCUT2D eigenvalue weighted by Gasteiger charge is -2.16. The molecule has 0 aliphatic heterocycles. The van der Waals surface area contributed by atoms with E-state index in [1.807, 2.05) is 56.3 Å². The number of hydrogen-bond donors (Lipinski definition) is 2. The predicted molar refractivity (Wildman–Crippen MR) is 103 cm³/mol. The van der Waals surface area contributed by atoms with Crippen LogP contribution in [0, 0.1) is 6.92 Å². The Hall–Kier alpha value is -3.21. The summed E-state index contributed by atoms with van der Waals surface area (Å²) in [5, 5.41) is 6.51. The van der Waals surface area contributed by atoms with Crippen LogP contribution in [-0.2, 0) is 4.79 Å². The molecule has 0 bridgehead atoms. The fraction of sp³-hybridized carbons (Fsp3) is 0.190. The smallest absolute Gasteiger partial charge is 0.252 e. The predicted octanol–water partition coefficient (Wildman–Crippen LogP) is 3.99. The monoisotopic (exact) mass is 347 g/mol. The van der Waals surface area contributed by atoms with Gasteiger partial charge in [0.05, 0.1) is 17.1 Å². The van der Waals surface area contributed by atoms with E-state index in [0.29, 0.717) is 16.8 Å².